The molecule has 1 heterocycles. The van der Waals surface area contributed by atoms with Crippen molar-refractivity contribution in [2.45, 2.75) is 24.3 Å². The molecule has 0 fully saturated rings. The van der Waals surface area contributed by atoms with Crippen molar-refractivity contribution in [1.29, 1.82) is 0 Å². The van der Waals surface area contributed by atoms with Crippen LogP contribution in [0.2, 0.25) is 0 Å². The SMILES string of the molecule is CSc1cc(N(C)CCCCCBr)ncn1. The van der Waals surface area contributed by atoms with Gasteiger partial charge >= 0.3 is 0 Å². The lowest BCUT2D eigenvalue weighted by atomic mass is 10.2. The third kappa shape index (κ3) is 4.70. The Morgan fingerprint density at radius 2 is 2.12 bits per heavy atom. The van der Waals surface area contributed by atoms with Crippen molar-refractivity contribution in [1.82, 2.24) is 9.97 Å². The van der Waals surface area contributed by atoms with E-state index in [9.17, 15) is 0 Å². The molecule has 0 aliphatic rings. The van der Waals surface area contributed by atoms with Gasteiger partial charge in [0, 0.05) is 25.0 Å². The fourth-order valence-corrected chi connectivity index (χ4v) is 2.16. The molecule has 5 heteroatoms. The molecule has 0 amide bonds. The molecule has 0 atom stereocenters. The Balaban J connectivity index is 2.42. The lowest BCUT2D eigenvalue weighted by Gasteiger charge is -2.17. The van der Waals surface area contributed by atoms with Crippen LogP contribution in [0.1, 0.15) is 19.3 Å². The van der Waals surface area contributed by atoms with Gasteiger partial charge in [-0.1, -0.05) is 22.4 Å². The Morgan fingerprint density at radius 1 is 1.31 bits per heavy atom. The minimum atomic E-state index is 1.01. The van der Waals surface area contributed by atoms with Gasteiger partial charge in [0.1, 0.15) is 17.2 Å². The van der Waals surface area contributed by atoms with Crippen LogP contribution in [0.25, 0.3) is 0 Å². The average Bonchev–Trinajstić information content (AvgIpc) is 2.34. The standard InChI is InChI=1S/C11H18BrN3S/c1-15(7-5-3-4-6-12)10-8-11(16-2)14-9-13-10/h8-9H,3-7H2,1-2H3. The minimum absolute atomic E-state index is 1.01. The summed E-state index contributed by atoms with van der Waals surface area (Å²) in [6, 6.07) is 2.04. The van der Waals surface area contributed by atoms with Crippen molar-refractivity contribution in [3.05, 3.63) is 12.4 Å². The Hall–Kier alpha value is -0.290. The highest BCUT2D eigenvalue weighted by Crippen LogP contribution is 2.16. The van der Waals surface area contributed by atoms with E-state index in [1.807, 2.05) is 12.3 Å². The number of nitrogens with zero attached hydrogens (tertiary/aromatic N) is 3. The maximum absolute atomic E-state index is 4.28. The van der Waals surface area contributed by atoms with E-state index in [0.717, 1.165) is 22.7 Å². The third-order valence-electron chi connectivity index (χ3n) is 2.35. The molecule has 0 N–H and O–H groups in total. The summed E-state index contributed by atoms with van der Waals surface area (Å²) in [6.45, 7) is 1.05. The molecule has 0 radical (unpaired) electrons. The monoisotopic (exact) mass is 303 g/mol. The molecule has 0 bridgehead atoms. The molecule has 0 aliphatic carbocycles. The van der Waals surface area contributed by atoms with Crippen molar-refractivity contribution in [3.8, 4) is 0 Å². The van der Waals surface area contributed by atoms with Crippen molar-refractivity contribution in [2.75, 3.05) is 30.1 Å². The van der Waals surface area contributed by atoms with E-state index >= 15 is 0 Å². The molecule has 0 spiro atoms. The number of halogens is 1. The summed E-state index contributed by atoms with van der Waals surface area (Å²) >= 11 is 5.09. The summed E-state index contributed by atoms with van der Waals surface area (Å²) in [6.07, 6.45) is 7.38. The first-order valence-corrected chi connectivity index (χ1v) is 7.75. The van der Waals surface area contributed by atoms with Crippen molar-refractivity contribution in [3.63, 3.8) is 0 Å². The Kier molecular flexibility index (Phi) is 6.80. The Labute approximate surface area is 110 Å². The molecule has 0 aliphatic heterocycles. The molecule has 0 aromatic carbocycles. The van der Waals surface area contributed by atoms with Gasteiger partial charge in [0.15, 0.2) is 0 Å². The fraction of sp³-hybridized carbons (Fsp3) is 0.636. The number of aromatic nitrogens is 2. The highest BCUT2D eigenvalue weighted by molar-refractivity contribution is 9.09. The van der Waals surface area contributed by atoms with Gasteiger partial charge in [-0.25, -0.2) is 9.97 Å². The van der Waals surface area contributed by atoms with Crippen LogP contribution >= 0.6 is 27.7 Å². The van der Waals surface area contributed by atoms with E-state index in [1.165, 1.54) is 19.3 Å². The zero-order valence-corrected chi connectivity index (χ0v) is 12.2. The first-order chi connectivity index (χ1) is 7.77. The highest BCUT2D eigenvalue weighted by Gasteiger charge is 2.03. The zero-order valence-electron chi connectivity index (χ0n) is 9.82. The molecule has 16 heavy (non-hydrogen) atoms. The van der Waals surface area contributed by atoms with Crippen LogP contribution in [0.5, 0.6) is 0 Å². The molecule has 1 aromatic rings. The molecule has 0 unspecified atom stereocenters. The molecular weight excluding hydrogens is 286 g/mol. The van der Waals surface area contributed by atoms with Crippen LogP contribution in [0.15, 0.2) is 17.4 Å². The number of alkyl halides is 1. The maximum atomic E-state index is 4.28. The predicted octanol–water partition coefficient (Wildman–Crippen LogP) is 3.20. The average molecular weight is 304 g/mol. The number of hydrogen-bond donors (Lipinski definition) is 0. The molecular formula is C11H18BrN3S. The largest absolute Gasteiger partial charge is 0.360 e. The second kappa shape index (κ2) is 7.90. The number of rotatable bonds is 7. The van der Waals surface area contributed by atoms with Gasteiger partial charge in [0.25, 0.3) is 0 Å². The fourth-order valence-electron chi connectivity index (χ4n) is 1.39. The summed E-state index contributed by atoms with van der Waals surface area (Å²) < 4.78 is 0. The Bertz CT molecular complexity index is 309. The number of hydrogen-bond acceptors (Lipinski definition) is 4. The molecule has 0 saturated carbocycles. The van der Waals surface area contributed by atoms with E-state index in [4.69, 9.17) is 0 Å². The lowest BCUT2D eigenvalue weighted by Crippen LogP contribution is -2.19. The predicted molar refractivity (Wildman–Crippen MR) is 74.7 cm³/mol. The quantitative estimate of drug-likeness (QED) is 0.335. The van der Waals surface area contributed by atoms with Gasteiger partial charge in [0.2, 0.25) is 0 Å². The smallest absolute Gasteiger partial charge is 0.132 e. The number of anilines is 1. The number of unbranched alkanes of at least 4 members (excludes halogenated alkanes) is 2. The first-order valence-electron chi connectivity index (χ1n) is 5.41. The second-order valence-electron chi connectivity index (χ2n) is 3.59. The van der Waals surface area contributed by atoms with Crippen molar-refractivity contribution >= 4 is 33.5 Å². The Morgan fingerprint density at radius 3 is 2.81 bits per heavy atom. The summed E-state index contributed by atoms with van der Waals surface area (Å²) in [7, 11) is 2.08. The molecule has 1 rings (SSSR count). The van der Waals surface area contributed by atoms with Gasteiger partial charge in [-0.15, -0.1) is 11.8 Å². The minimum Gasteiger partial charge on any atom is -0.360 e. The third-order valence-corrected chi connectivity index (χ3v) is 3.56. The van der Waals surface area contributed by atoms with E-state index in [1.54, 1.807) is 18.1 Å². The van der Waals surface area contributed by atoms with Gasteiger partial charge in [-0.3, -0.25) is 0 Å². The zero-order chi connectivity index (χ0) is 11.8. The van der Waals surface area contributed by atoms with Gasteiger partial charge in [0.05, 0.1) is 0 Å². The molecule has 3 nitrogen and oxygen atoms in total. The van der Waals surface area contributed by atoms with Crippen molar-refractivity contribution in [2.24, 2.45) is 0 Å². The summed E-state index contributed by atoms with van der Waals surface area (Å²) in [5, 5.41) is 2.12. The maximum Gasteiger partial charge on any atom is 0.132 e. The summed E-state index contributed by atoms with van der Waals surface area (Å²) in [5.41, 5.74) is 0. The van der Waals surface area contributed by atoms with Crippen LogP contribution < -0.4 is 4.90 Å². The van der Waals surface area contributed by atoms with E-state index in [-0.39, 0.29) is 0 Å². The topological polar surface area (TPSA) is 29.0 Å². The van der Waals surface area contributed by atoms with Gasteiger partial charge in [-0.2, -0.15) is 0 Å². The van der Waals surface area contributed by atoms with Gasteiger partial charge in [-0.05, 0) is 19.1 Å². The first kappa shape index (κ1) is 13.8. The van der Waals surface area contributed by atoms with E-state index in [2.05, 4.69) is 37.8 Å². The van der Waals surface area contributed by atoms with Crippen LogP contribution in [0.4, 0.5) is 5.82 Å². The summed E-state index contributed by atoms with van der Waals surface area (Å²) in [5.74, 6) is 1.01. The second-order valence-corrected chi connectivity index (χ2v) is 5.21. The normalized spacial score (nSPS) is 10.4. The van der Waals surface area contributed by atoms with Crippen LogP contribution in [0, 0.1) is 0 Å². The number of thioether (sulfide) groups is 1. The highest BCUT2D eigenvalue weighted by atomic mass is 79.9. The van der Waals surface area contributed by atoms with Crippen LogP contribution in [-0.4, -0.2) is 35.1 Å². The van der Waals surface area contributed by atoms with Gasteiger partial charge < -0.3 is 4.90 Å². The van der Waals surface area contributed by atoms with Crippen molar-refractivity contribution < 1.29 is 0 Å². The van der Waals surface area contributed by atoms with Crippen LogP contribution in [-0.2, 0) is 0 Å². The molecule has 1 aromatic heterocycles. The lowest BCUT2D eigenvalue weighted by molar-refractivity contribution is 0.705. The molecule has 0 saturated heterocycles. The van der Waals surface area contributed by atoms with Crippen LogP contribution in [0.3, 0.4) is 0 Å². The van der Waals surface area contributed by atoms with E-state index in [0.29, 0.717) is 0 Å². The molecule has 90 valence electrons. The summed E-state index contributed by atoms with van der Waals surface area (Å²) in [4.78, 5) is 10.6. The van der Waals surface area contributed by atoms with E-state index < -0.39 is 0 Å².